The number of amides is 2. The number of rotatable bonds is 10. The highest BCUT2D eigenvalue weighted by atomic mass is 35.5. The fraction of sp³-hybridized carbons (Fsp3) is 0.370. The molecule has 0 saturated carbocycles. The number of para-hydroxylation sites is 2. The first kappa shape index (κ1) is 25.6. The molecule has 36 heavy (non-hydrogen) atoms. The zero-order valence-corrected chi connectivity index (χ0v) is 21.2. The Morgan fingerprint density at radius 2 is 1.89 bits per heavy atom. The molecule has 2 amide bonds. The highest BCUT2D eigenvalue weighted by molar-refractivity contribution is 6.33. The highest BCUT2D eigenvalue weighted by Crippen LogP contribution is 2.29. The smallest absolute Gasteiger partial charge is 0.269 e. The summed E-state index contributed by atoms with van der Waals surface area (Å²) in [5, 5.41) is 13.9. The summed E-state index contributed by atoms with van der Waals surface area (Å²) < 4.78 is 5.88. The zero-order valence-electron chi connectivity index (χ0n) is 20.4. The molecule has 1 aliphatic heterocycles. The van der Waals surface area contributed by atoms with Gasteiger partial charge in [-0.3, -0.25) is 14.7 Å². The first-order valence-electron chi connectivity index (χ1n) is 12.4. The number of unbranched alkanes of at least 4 members (excludes halogenated alkanes) is 1. The Hall–Kier alpha value is -3.52. The van der Waals surface area contributed by atoms with Gasteiger partial charge in [-0.15, -0.1) is 0 Å². The third-order valence-corrected chi connectivity index (χ3v) is 6.55. The minimum atomic E-state index is -0.373. The molecular weight excluding hydrogens is 478 g/mol. The lowest BCUT2D eigenvalue weighted by molar-refractivity contribution is -0.131. The normalized spacial score (nSPS) is 13.9. The van der Waals surface area contributed by atoms with Crippen molar-refractivity contribution in [1.29, 1.82) is 0 Å². The van der Waals surface area contributed by atoms with Gasteiger partial charge >= 0.3 is 0 Å². The molecule has 0 spiro atoms. The Bertz CT molecular complexity index is 1170. The van der Waals surface area contributed by atoms with E-state index in [1.165, 1.54) is 0 Å². The number of carbonyl (C=O) groups is 2. The molecule has 2 aromatic carbocycles. The SMILES string of the molecule is CCCCOc1ccccc1-c1cc(C(=O)NCC(=O)N2CCC(Nc3ccccc3Cl)CC2)[nH]n1. The van der Waals surface area contributed by atoms with E-state index in [9.17, 15) is 9.59 Å². The number of hydrogen-bond acceptors (Lipinski definition) is 5. The molecule has 4 rings (SSSR count). The molecule has 2 heterocycles. The van der Waals surface area contributed by atoms with Crippen LogP contribution in [0, 0.1) is 0 Å². The maximum Gasteiger partial charge on any atom is 0.269 e. The van der Waals surface area contributed by atoms with Crippen molar-refractivity contribution in [3.63, 3.8) is 0 Å². The molecule has 3 N–H and O–H groups in total. The van der Waals surface area contributed by atoms with Crippen molar-refractivity contribution in [1.82, 2.24) is 20.4 Å². The molecule has 8 nitrogen and oxygen atoms in total. The minimum Gasteiger partial charge on any atom is -0.493 e. The second kappa shape index (κ2) is 12.4. The Balaban J connectivity index is 1.26. The van der Waals surface area contributed by atoms with Gasteiger partial charge in [0.1, 0.15) is 11.4 Å². The predicted molar refractivity (Wildman–Crippen MR) is 141 cm³/mol. The number of aromatic amines is 1. The number of carbonyl (C=O) groups excluding carboxylic acids is 2. The summed E-state index contributed by atoms with van der Waals surface area (Å²) in [6.07, 6.45) is 3.64. The first-order chi connectivity index (χ1) is 17.5. The van der Waals surface area contributed by atoms with Crippen LogP contribution in [0.2, 0.25) is 5.02 Å². The zero-order chi connectivity index (χ0) is 25.3. The predicted octanol–water partition coefficient (Wildman–Crippen LogP) is 4.74. The first-order valence-corrected chi connectivity index (χ1v) is 12.8. The number of likely N-dealkylation sites (tertiary alicyclic amines) is 1. The quantitative estimate of drug-likeness (QED) is 0.343. The van der Waals surface area contributed by atoms with Gasteiger partial charge in [-0.05, 0) is 49.6 Å². The minimum absolute atomic E-state index is 0.0630. The Labute approximate surface area is 216 Å². The van der Waals surface area contributed by atoms with Crippen LogP contribution < -0.4 is 15.4 Å². The van der Waals surface area contributed by atoms with Gasteiger partial charge in [-0.1, -0.05) is 49.2 Å². The number of anilines is 1. The topological polar surface area (TPSA) is 99.4 Å². The van der Waals surface area contributed by atoms with Crippen LogP contribution in [-0.2, 0) is 4.79 Å². The largest absolute Gasteiger partial charge is 0.493 e. The Morgan fingerprint density at radius 1 is 1.14 bits per heavy atom. The fourth-order valence-electron chi connectivity index (χ4n) is 4.14. The number of benzene rings is 2. The Kier molecular flexibility index (Phi) is 8.84. The van der Waals surface area contributed by atoms with E-state index in [1.54, 1.807) is 11.0 Å². The summed E-state index contributed by atoms with van der Waals surface area (Å²) in [5.74, 6) is 0.253. The Morgan fingerprint density at radius 3 is 2.67 bits per heavy atom. The van der Waals surface area contributed by atoms with Crippen molar-refractivity contribution in [3.05, 3.63) is 65.3 Å². The van der Waals surface area contributed by atoms with Crippen molar-refractivity contribution in [2.24, 2.45) is 0 Å². The van der Waals surface area contributed by atoms with Crippen LogP contribution in [0.4, 0.5) is 5.69 Å². The van der Waals surface area contributed by atoms with Crippen LogP contribution in [0.25, 0.3) is 11.3 Å². The van der Waals surface area contributed by atoms with Gasteiger partial charge in [0.25, 0.3) is 5.91 Å². The van der Waals surface area contributed by atoms with E-state index in [0.29, 0.717) is 36.1 Å². The lowest BCUT2D eigenvalue weighted by Crippen LogP contribution is -2.46. The fourth-order valence-corrected chi connectivity index (χ4v) is 4.33. The number of H-pyrrole nitrogens is 1. The van der Waals surface area contributed by atoms with Crippen molar-refractivity contribution in [2.45, 2.75) is 38.6 Å². The molecule has 1 aromatic heterocycles. The standard InChI is InChI=1S/C27H32ClN5O3/c1-2-3-16-36-25-11-7-4-8-20(25)23-17-24(32-31-23)27(35)29-18-26(34)33-14-12-19(13-15-33)30-22-10-6-5-9-21(22)28/h4-11,17,19,30H,2-3,12-16,18H2,1H3,(H,29,35)(H,31,32). The summed E-state index contributed by atoms with van der Waals surface area (Å²) in [4.78, 5) is 27.1. The second-order valence-electron chi connectivity index (χ2n) is 8.83. The van der Waals surface area contributed by atoms with E-state index >= 15 is 0 Å². The molecule has 0 unspecified atom stereocenters. The van der Waals surface area contributed by atoms with Crippen LogP contribution >= 0.6 is 11.6 Å². The van der Waals surface area contributed by atoms with Crippen molar-refractivity contribution >= 4 is 29.1 Å². The monoisotopic (exact) mass is 509 g/mol. The third kappa shape index (κ3) is 6.57. The van der Waals surface area contributed by atoms with Crippen molar-refractivity contribution in [2.75, 3.05) is 31.6 Å². The van der Waals surface area contributed by atoms with Crippen LogP contribution in [0.3, 0.4) is 0 Å². The second-order valence-corrected chi connectivity index (χ2v) is 9.23. The molecule has 1 aliphatic rings. The van der Waals surface area contributed by atoms with Gasteiger partial charge in [0, 0.05) is 24.7 Å². The number of nitrogens with zero attached hydrogens (tertiary/aromatic N) is 2. The molecule has 190 valence electrons. The number of ether oxygens (including phenoxy) is 1. The highest BCUT2D eigenvalue weighted by Gasteiger charge is 2.24. The van der Waals surface area contributed by atoms with E-state index in [-0.39, 0.29) is 24.4 Å². The number of aromatic nitrogens is 2. The van der Waals surface area contributed by atoms with Gasteiger partial charge in [-0.25, -0.2) is 0 Å². The lowest BCUT2D eigenvalue weighted by Gasteiger charge is -2.33. The summed E-state index contributed by atoms with van der Waals surface area (Å²) in [5.41, 5.74) is 2.63. The van der Waals surface area contributed by atoms with Gasteiger partial charge in [-0.2, -0.15) is 5.10 Å². The number of nitrogens with one attached hydrogen (secondary N) is 3. The average molecular weight is 510 g/mol. The van der Waals surface area contributed by atoms with Crippen LogP contribution in [0.5, 0.6) is 5.75 Å². The summed E-state index contributed by atoms with van der Waals surface area (Å²) >= 11 is 6.23. The molecule has 0 aliphatic carbocycles. The molecule has 0 bridgehead atoms. The molecule has 1 fully saturated rings. The molecular formula is C27H32ClN5O3. The van der Waals surface area contributed by atoms with Gasteiger partial charge in [0.2, 0.25) is 5.91 Å². The number of halogens is 1. The molecule has 1 saturated heterocycles. The lowest BCUT2D eigenvalue weighted by atomic mass is 10.0. The summed E-state index contributed by atoms with van der Waals surface area (Å²) in [7, 11) is 0. The van der Waals surface area contributed by atoms with Crippen molar-refractivity contribution in [3.8, 4) is 17.0 Å². The van der Waals surface area contributed by atoms with E-state index in [2.05, 4.69) is 27.8 Å². The van der Waals surface area contributed by atoms with Gasteiger partial charge in [0.15, 0.2) is 0 Å². The molecule has 3 aromatic rings. The van der Waals surface area contributed by atoms with Crippen LogP contribution in [0.1, 0.15) is 43.1 Å². The summed E-state index contributed by atoms with van der Waals surface area (Å²) in [6.45, 7) is 3.92. The average Bonchev–Trinajstić information content (AvgIpc) is 3.40. The third-order valence-electron chi connectivity index (χ3n) is 6.22. The molecule has 9 heteroatoms. The maximum atomic E-state index is 12.7. The van der Waals surface area contributed by atoms with E-state index in [1.807, 2.05) is 48.5 Å². The maximum absolute atomic E-state index is 12.7. The van der Waals surface area contributed by atoms with Crippen LogP contribution in [0.15, 0.2) is 54.6 Å². The molecule has 0 radical (unpaired) electrons. The van der Waals surface area contributed by atoms with E-state index in [0.717, 1.165) is 42.7 Å². The van der Waals surface area contributed by atoms with Gasteiger partial charge < -0.3 is 20.3 Å². The summed E-state index contributed by atoms with van der Waals surface area (Å²) in [6, 6.07) is 17.2. The van der Waals surface area contributed by atoms with Crippen molar-refractivity contribution < 1.29 is 14.3 Å². The van der Waals surface area contributed by atoms with E-state index in [4.69, 9.17) is 16.3 Å². The molecule has 0 atom stereocenters. The number of piperidine rings is 1. The van der Waals surface area contributed by atoms with Crippen LogP contribution in [-0.4, -0.2) is 59.2 Å². The van der Waals surface area contributed by atoms with E-state index < -0.39 is 0 Å². The number of hydrogen-bond donors (Lipinski definition) is 3. The van der Waals surface area contributed by atoms with Gasteiger partial charge in [0.05, 0.1) is 29.6 Å².